The zero-order valence-corrected chi connectivity index (χ0v) is 17.0. The van der Waals surface area contributed by atoms with Gasteiger partial charge >= 0.3 is 6.03 Å². The molecule has 1 fully saturated rings. The number of aromatic nitrogens is 2. The molecule has 3 rings (SSSR count). The number of nitrogens with one attached hydrogen (secondary N) is 3. The van der Waals surface area contributed by atoms with E-state index in [2.05, 4.69) is 47.4 Å². The molecule has 0 unspecified atom stereocenters. The Balaban J connectivity index is 1.85. The molecule has 2 amide bonds. The summed E-state index contributed by atoms with van der Waals surface area (Å²) in [5.74, 6) is -2.90. The third kappa shape index (κ3) is 4.58. The minimum absolute atomic E-state index is 0.0593. The van der Waals surface area contributed by atoms with E-state index in [4.69, 9.17) is 0 Å². The predicted molar refractivity (Wildman–Crippen MR) is 107 cm³/mol. The minimum atomic E-state index is -2.96. The number of hydrogen-bond acceptors (Lipinski definition) is 4. The van der Waals surface area contributed by atoms with Crippen LogP contribution in [0.5, 0.6) is 0 Å². The average molecular weight is 404 g/mol. The van der Waals surface area contributed by atoms with Gasteiger partial charge in [0, 0.05) is 49.8 Å². The lowest BCUT2D eigenvalue weighted by Gasteiger charge is -2.32. The maximum Gasteiger partial charge on any atom is 0.317 e. The lowest BCUT2D eigenvalue weighted by Crippen LogP contribution is -2.43. The van der Waals surface area contributed by atoms with Crippen molar-refractivity contribution in [2.24, 2.45) is 11.3 Å². The van der Waals surface area contributed by atoms with Gasteiger partial charge < -0.3 is 20.5 Å². The van der Waals surface area contributed by atoms with E-state index in [1.807, 2.05) is 6.07 Å². The van der Waals surface area contributed by atoms with Crippen molar-refractivity contribution in [1.29, 1.82) is 5.26 Å². The first-order chi connectivity index (χ1) is 13.5. The molecule has 1 aliphatic rings. The lowest BCUT2D eigenvalue weighted by molar-refractivity contribution is 0.0240. The third-order valence-corrected chi connectivity index (χ3v) is 5.31. The van der Waals surface area contributed by atoms with Gasteiger partial charge in [0.2, 0.25) is 0 Å². The van der Waals surface area contributed by atoms with E-state index in [9.17, 15) is 18.8 Å². The van der Waals surface area contributed by atoms with Gasteiger partial charge in [-0.2, -0.15) is 5.26 Å². The number of carbonyl (C=O) groups excluding carboxylic acids is 1. The zero-order valence-electron chi connectivity index (χ0n) is 17.0. The number of rotatable bonds is 4. The number of nitrogens with zero attached hydrogens (tertiary/aromatic N) is 3. The number of halogens is 2. The minimum Gasteiger partial charge on any atom is -0.378 e. The summed E-state index contributed by atoms with van der Waals surface area (Å²) in [5.41, 5.74) is 1.61. The number of aromatic amines is 1. The fraction of sp³-hybridized carbons (Fsp3) is 0.550. The van der Waals surface area contributed by atoms with Crippen molar-refractivity contribution in [1.82, 2.24) is 20.2 Å². The Hall–Kier alpha value is -2.89. The second kappa shape index (κ2) is 7.50. The SMILES string of the molecule is CC(F)(F)CNC(=O)N1C[C@H](Nc2c(C#N)cnc3[nH]ccc23)[C@H](C(C)(C)C)C1. The zero-order chi connectivity index (χ0) is 21.4. The lowest BCUT2D eigenvalue weighted by atomic mass is 9.78. The van der Waals surface area contributed by atoms with E-state index in [1.54, 1.807) is 11.1 Å². The van der Waals surface area contributed by atoms with Crippen LogP contribution in [-0.4, -0.2) is 52.5 Å². The van der Waals surface area contributed by atoms with Crippen LogP contribution in [0.15, 0.2) is 18.5 Å². The van der Waals surface area contributed by atoms with Gasteiger partial charge in [-0.15, -0.1) is 0 Å². The molecule has 29 heavy (non-hydrogen) atoms. The molecule has 9 heteroatoms. The molecule has 0 aromatic carbocycles. The summed E-state index contributed by atoms with van der Waals surface area (Å²) in [6.45, 7) is 7.10. The number of likely N-dealkylation sites (tertiary alicyclic amines) is 1. The number of anilines is 1. The summed E-state index contributed by atoms with van der Waals surface area (Å²) in [7, 11) is 0. The fourth-order valence-corrected chi connectivity index (χ4v) is 3.77. The monoisotopic (exact) mass is 404 g/mol. The molecule has 0 saturated carbocycles. The first-order valence-corrected chi connectivity index (χ1v) is 9.53. The largest absolute Gasteiger partial charge is 0.378 e. The summed E-state index contributed by atoms with van der Waals surface area (Å²) in [4.78, 5) is 21.3. The highest BCUT2D eigenvalue weighted by molar-refractivity contribution is 5.92. The highest BCUT2D eigenvalue weighted by Crippen LogP contribution is 2.37. The molecule has 3 heterocycles. The first kappa shape index (κ1) is 20.8. The average Bonchev–Trinajstić information content (AvgIpc) is 3.25. The van der Waals surface area contributed by atoms with Crippen molar-refractivity contribution >= 4 is 22.8 Å². The number of amides is 2. The molecule has 3 N–H and O–H groups in total. The predicted octanol–water partition coefficient (Wildman–Crippen LogP) is 3.56. The Morgan fingerprint density at radius 3 is 2.72 bits per heavy atom. The first-order valence-electron chi connectivity index (χ1n) is 9.53. The maximum absolute atomic E-state index is 13.1. The molecule has 1 aliphatic heterocycles. The fourth-order valence-electron chi connectivity index (χ4n) is 3.77. The van der Waals surface area contributed by atoms with Crippen molar-refractivity contribution in [3.8, 4) is 6.07 Å². The molecule has 0 spiro atoms. The molecule has 1 saturated heterocycles. The number of H-pyrrole nitrogens is 1. The van der Waals surface area contributed by atoms with Gasteiger partial charge in [-0.3, -0.25) is 0 Å². The number of fused-ring (bicyclic) bond motifs is 1. The van der Waals surface area contributed by atoms with Crippen LogP contribution in [-0.2, 0) is 0 Å². The smallest absolute Gasteiger partial charge is 0.317 e. The summed E-state index contributed by atoms with van der Waals surface area (Å²) in [6, 6.07) is 3.36. The Bertz CT molecular complexity index is 937. The summed E-state index contributed by atoms with van der Waals surface area (Å²) in [5, 5.41) is 16.1. The van der Waals surface area contributed by atoms with Gasteiger partial charge in [-0.1, -0.05) is 20.8 Å². The summed E-state index contributed by atoms with van der Waals surface area (Å²) >= 11 is 0. The van der Waals surface area contributed by atoms with Gasteiger partial charge in [0.25, 0.3) is 5.92 Å². The Morgan fingerprint density at radius 1 is 1.38 bits per heavy atom. The molecular formula is C20H26F2N6O. The Kier molecular flexibility index (Phi) is 5.39. The van der Waals surface area contributed by atoms with Gasteiger partial charge in [0.05, 0.1) is 17.8 Å². The van der Waals surface area contributed by atoms with Gasteiger partial charge in [-0.05, 0) is 11.5 Å². The van der Waals surface area contributed by atoms with Crippen LogP contribution < -0.4 is 10.6 Å². The van der Waals surface area contributed by atoms with Crippen LogP contribution in [0.2, 0.25) is 0 Å². The molecule has 156 valence electrons. The molecule has 0 aliphatic carbocycles. The maximum atomic E-state index is 13.1. The molecule has 2 aromatic rings. The number of nitriles is 1. The highest BCUT2D eigenvalue weighted by atomic mass is 19.3. The van der Waals surface area contributed by atoms with Crippen LogP contribution in [0.4, 0.5) is 19.3 Å². The van der Waals surface area contributed by atoms with E-state index < -0.39 is 18.5 Å². The van der Waals surface area contributed by atoms with E-state index in [-0.39, 0.29) is 17.4 Å². The molecular weight excluding hydrogens is 378 g/mol. The summed E-state index contributed by atoms with van der Waals surface area (Å²) in [6.07, 6.45) is 3.26. The van der Waals surface area contributed by atoms with E-state index in [0.717, 1.165) is 12.3 Å². The van der Waals surface area contributed by atoms with Crippen LogP contribution in [0.25, 0.3) is 11.0 Å². The normalized spacial score (nSPS) is 20.0. The number of hydrogen-bond donors (Lipinski definition) is 3. The second-order valence-corrected chi connectivity index (χ2v) is 8.76. The quantitative estimate of drug-likeness (QED) is 0.726. The van der Waals surface area contributed by atoms with Crippen LogP contribution in [0.3, 0.4) is 0 Å². The van der Waals surface area contributed by atoms with Crippen molar-refractivity contribution in [2.45, 2.75) is 39.7 Å². The molecule has 0 radical (unpaired) electrons. The van der Waals surface area contributed by atoms with Gasteiger partial charge in [0.1, 0.15) is 11.7 Å². The van der Waals surface area contributed by atoms with Crippen molar-refractivity contribution in [3.63, 3.8) is 0 Å². The van der Waals surface area contributed by atoms with Gasteiger partial charge in [0.15, 0.2) is 0 Å². The van der Waals surface area contributed by atoms with E-state index in [0.29, 0.717) is 30.0 Å². The standard InChI is InChI=1S/C20H26F2N6O/c1-19(2,3)14-9-28(18(29)26-11-20(4,21)22)10-15(14)27-16-12(7-23)8-25-17-13(16)5-6-24-17/h5-6,8,14-15H,9-11H2,1-4H3,(H,26,29)(H2,24,25,27)/t14-,15+/m1/s1. The van der Waals surface area contributed by atoms with E-state index >= 15 is 0 Å². The number of urea groups is 1. The van der Waals surface area contributed by atoms with Crippen LogP contribution >= 0.6 is 0 Å². The van der Waals surface area contributed by atoms with Crippen molar-refractivity contribution in [3.05, 3.63) is 24.0 Å². The molecule has 7 nitrogen and oxygen atoms in total. The Morgan fingerprint density at radius 2 is 2.10 bits per heavy atom. The second-order valence-electron chi connectivity index (χ2n) is 8.76. The van der Waals surface area contributed by atoms with Gasteiger partial charge in [-0.25, -0.2) is 18.6 Å². The summed E-state index contributed by atoms with van der Waals surface area (Å²) < 4.78 is 26.2. The van der Waals surface area contributed by atoms with Crippen molar-refractivity contribution < 1.29 is 13.6 Å². The molecule has 2 atom stereocenters. The number of alkyl halides is 2. The van der Waals surface area contributed by atoms with E-state index in [1.165, 1.54) is 6.20 Å². The van der Waals surface area contributed by atoms with Crippen LogP contribution in [0.1, 0.15) is 33.3 Å². The Labute approximate surface area is 168 Å². The third-order valence-electron chi connectivity index (χ3n) is 5.31. The molecule has 2 aromatic heterocycles. The van der Waals surface area contributed by atoms with Crippen LogP contribution in [0, 0.1) is 22.7 Å². The highest BCUT2D eigenvalue weighted by Gasteiger charge is 2.42. The number of carbonyl (C=O) groups is 1. The number of pyridine rings is 1. The topological polar surface area (TPSA) is 96.8 Å². The molecule has 0 bridgehead atoms. The van der Waals surface area contributed by atoms with Crippen molar-refractivity contribution in [2.75, 3.05) is 25.0 Å².